The van der Waals surface area contributed by atoms with E-state index in [4.69, 9.17) is 34.8 Å². The molecule has 13 heteroatoms. The van der Waals surface area contributed by atoms with Crippen LogP contribution in [0.15, 0.2) is 36.5 Å². The van der Waals surface area contributed by atoms with E-state index in [0.29, 0.717) is 5.69 Å². The third-order valence-corrected chi connectivity index (χ3v) is 4.31. The largest absolute Gasteiger partial charge is 0.573 e. The molecule has 30 heavy (non-hydrogen) atoms. The van der Waals surface area contributed by atoms with E-state index >= 15 is 0 Å². The summed E-state index contributed by atoms with van der Waals surface area (Å²) in [5.74, 6) is -2.10. The molecule has 0 saturated heterocycles. The highest BCUT2D eigenvalue weighted by Gasteiger charge is 2.32. The first-order valence-corrected chi connectivity index (χ1v) is 8.95. The second kappa shape index (κ2) is 8.58. The quantitative estimate of drug-likeness (QED) is 0.278. The number of anilines is 4. The predicted octanol–water partition coefficient (Wildman–Crippen LogP) is 6.67. The molecule has 0 bridgehead atoms. The molecule has 158 valence electrons. The summed E-state index contributed by atoms with van der Waals surface area (Å²) in [5, 5.41) is 14.5. The SMILES string of the molecule is Oc1c(Cl)cc(Nc2ncc(F)c(Nc3ccc(OC(F)(F)F)c(Cl)c3)n2)cc1Cl. The number of rotatable bonds is 5. The Hall–Kier alpha value is -2.69. The zero-order chi connectivity index (χ0) is 22.1. The van der Waals surface area contributed by atoms with Crippen molar-refractivity contribution >= 4 is 57.9 Å². The first-order valence-electron chi connectivity index (χ1n) is 7.82. The molecule has 1 heterocycles. The van der Waals surface area contributed by atoms with Crippen LogP contribution < -0.4 is 15.4 Å². The van der Waals surface area contributed by atoms with Crippen LogP contribution in [0.4, 0.5) is 40.7 Å². The maximum absolute atomic E-state index is 14.1. The molecule has 0 aliphatic heterocycles. The first-order chi connectivity index (χ1) is 14.0. The maximum atomic E-state index is 14.1. The molecule has 0 aliphatic carbocycles. The molecule has 3 rings (SSSR count). The summed E-state index contributed by atoms with van der Waals surface area (Å²) in [7, 11) is 0. The van der Waals surface area contributed by atoms with Crippen LogP contribution in [0, 0.1) is 5.82 Å². The summed E-state index contributed by atoms with van der Waals surface area (Å²) < 4.78 is 54.8. The molecule has 0 unspecified atom stereocenters. The summed E-state index contributed by atoms with van der Waals surface area (Å²) in [6, 6.07) is 5.97. The number of hydrogen-bond acceptors (Lipinski definition) is 6. The van der Waals surface area contributed by atoms with Gasteiger partial charge in [0.25, 0.3) is 0 Å². The lowest BCUT2D eigenvalue weighted by molar-refractivity contribution is -0.274. The fraction of sp³-hybridized carbons (Fsp3) is 0.0588. The lowest BCUT2D eigenvalue weighted by Gasteiger charge is -2.13. The topological polar surface area (TPSA) is 79.3 Å². The van der Waals surface area contributed by atoms with Gasteiger partial charge in [0, 0.05) is 11.4 Å². The molecule has 0 atom stereocenters. The van der Waals surface area contributed by atoms with E-state index in [1.165, 1.54) is 18.2 Å². The van der Waals surface area contributed by atoms with Gasteiger partial charge in [-0.1, -0.05) is 34.8 Å². The zero-order valence-corrected chi connectivity index (χ0v) is 16.6. The van der Waals surface area contributed by atoms with Crippen LogP contribution in [0.3, 0.4) is 0 Å². The van der Waals surface area contributed by atoms with Crippen LogP contribution in [0.25, 0.3) is 0 Å². The molecular weight excluding hydrogens is 475 g/mol. The van der Waals surface area contributed by atoms with E-state index in [0.717, 1.165) is 18.3 Å². The van der Waals surface area contributed by atoms with Gasteiger partial charge in [0.05, 0.1) is 21.3 Å². The lowest BCUT2D eigenvalue weighted by Crippen LogP contribution is -2.17. The van der Waals surface area contributed by atoms with Crippen LogP contribution in [-0.4, -0.2) is 21.4 Å². The van der Waals surface area contributed by atoms with Crippen molar-refractivity contribution in [2.24, 2.45) is 0 Å². The summed E-state index contributed by atoms with van der Waals surface area (Å²) in [6.45, 7) is 0. The van der Waals surface area contributed by atoms with Crippen LogP contribution in [0.1, 0.15) is 0 Å². The van der Waals surface area contributed by atoms with Gasteiger partial charge >= 0.3 is 6.36 Å². The third kappa shape index (κ3) is 5.47. The second-order valence-electron chi connectivity index (χ2n) is 5.62. The molecule has 0 spiro atoms. The van der Waals surface area contributed by atoms with Gasteiger partial charge in [-0.05, 0) is 30.3 Å². The average molecular weight is 484 g/mol. The number of aromatic nitrogens is 2. The Bertz CT molecular complexity index is 1080. The molecule has 0 amide bonds. The molecule has 6 nitrogen and oxygen atoms in total. The Kier molecular flexibility index (Phi) is 6.30. The van der Waals surface area contributed by atoms with Crippen molar-refractivity contribution in [3.05, 3.63) is 57.4 Å². The average Bonchev–Trinajstić information content (AvgIpc) is 2.64. The van der Waals surface area contributed by atoms with Gasteiger partial charge in [-0.25, -0.2) is 9.37 Å². The summed E-state index contributed by atoms with van der Waals surface area (Å²) in [6.07, 6.45) is -4.04. The highest BCUT2D eigenvalue weighted by molar-refractivity contribution is 6.37. The molecule has 0 aliphatic rings. The number of ether oxygens (including phenoxy) is 1. The molecule has 0 fully saturated rings. The van der Waals surface area contributed by atoms with Crippen molar-refractivity contribution in [1.29, 1.82) is 0 Å². The Labute approximate surface area is 181 Å². The molecular formula is C17H9Cl3F4N4O2. The van der Waals surface area contributed by atoms with E-state index in [9.17, 15) is 22.7 Å². The summed E-state index contributed by atoms with van der Waals surface area (Å²) in [5.41, 5.74) is 0.464. The molecule has 2 aromatic carbocycles. The zero-order valence-electron chi connectivity index (χ0n) is 14.4. The van der Waals surface area contributed by atoms with E-state index < -0.39 is 17.9 Å². The molecule has 0 saturated carbocycles. The first kappa shape index (κ1) is 22.0. The van der Waals surface area contributed by atoms with Gasteiger partial charge in [0.15, 0.2) is 17.4 Å². The van der Waals surface area contributed by atoms with Crippen molar-refractivity contribution in [1.82, 2.24) is 9.97 Å². The lowest BCUT2D eigenvalue weighted by atomic mass is 10.3. The van der Waals surface area contributed by atoms with E-state index in [2.05, 4.69) is 25.3 Å². The Morgan fingerprint density at radius 2 is 1.57 bits per heavy atom. The van der Waals surface area contributed by atoms with Crippen LogP contribution in [0.2, 0.25) is 15.1 Å². The van der Waals surface area contributed by atoms with Gasteiger partial charge in [-0.3, -0.25) is 0 Å². The normalized spacial score (nSPS) is 11.3. The van der Waals surface area contributed by atoms with Crippen LogP contribution >= 0.6 is 34.8 Å². The van der Waals surface area contributed by atoms with Crippen molar-refractivity contribution in [2.75, 3.05) is 10.6 Å². The number of hydrogen-bond donors (Lipinski definition) is 3. The smallest absolute Gasteiger partial charge is 0.505 e. The van der Waals surface area contributed by atoms with Gasteiger partial charge in [-0.2, -0.15) is 4.98 Å². The van der Waals surface area contributed by atoms with Crippen molar-refractivity contribution in [3.63, 3.8) is 0 Å². The van der Waals surface area contributed by atoms with Gasteiger partial charge in [0.1, 0.15) is 5.75 Å². The summed E-state index contributed by atoms with van der Waals surface area (Å²) >= 11 is 17.4. The highest BCUT2D eigenvalue weighted by Crippen LogP contribution is 2.36. The maximum Gasteiger partial charge on any atom is 0.573 e. The predicted molar refractivity (Wildman–Crippen MR) is 105 cm³/mol. The molecule has 3 aromatic rings. The minimum absolute atomic E-state index is 0.0266. The van der Waals surface area contributed by atoms with Crippen molar-refractivity contribution in [3.8, 4) is 11.5 Å². The molecule has 3 N–H and O–H groups in total. The fourth-order valence-corrected chi connectivity index (χ4v) is 2.91. The number of benzene rings is 2. The van der Waals surface area contributed by atoms with Gasteiger partial charge in [0.2, 0.25) is 5.95 Å². The Morgan fingerprint density at radius 3 is 2.17 bits per heavy atom. The number of nitrogens with one attached hydrogen (secondary N) is 2. The Morgan fingerprint density at radius 1 is 0.933 bits per heavy atom. The number of aromatic hydroxyl groups is 1. The van der Waals surface area contributed by atoms with Crippen LogP contribution in [0.5, 0.6) is 11.5 Å². The summed E-state index contributed by atoms with van der Waals surface area (Å²) in [4.78, 5) is 7.72. The van der Waals surface area contributed by atoms with E-state index in [-0.39, 0.29) is 38.3 Å². The van der Waals surface area contributed by atoms with E-state index in [1.54, 1.807) is 0 Å². The highest BCUT2D eigenvalue weighted by atomic mass is 35.5. The number of halogens is 7. The number of phenolic OH excluding ortho intramolecular Hbond substituents is 1. The number of phenols is 1. The third-order valence-electron chi connectivity index (χ3n) is 3.44. The minimum atomic E-state index is -4.90. The van der Waals surface area contributed by atoms with Gasteiger partial charge < -0.3 is 20.5 Å². The van der Waals surface area contributed by atoms with Gasteiger partial charge in [-0.15, -0.1) is 13.2 Å². The fourth-order valence-electron chi connectivity index (χ4n) is 2.20. The standard InChI is InChI=1S/C17H9Cl3F4N4O2/c18-9-3-7(1-2-13(9)30-17(22,23)24)26-15-12(21)6-25-16(28-15)27-8-4-10(19)14(29)11(20)5-8/h1-6,29H,(H2,25,26,27,28). The van der Waals surface area contributed by atoms with E-state index in [1.807, 2.05) is 0 Å². The van der Waals surface area contributed by atoms with Crippen LogP contribution in [-0.2, 0) is 0 Å². The molecule has 1 aromatic heterocycles. The Balaban J connectivity index is 1.81. The van der Waals surface area contributed by atoms with Crippen molar-refractivity contribution < 1.29 is 27.4 Å². The molecule has 0 radical (unpaired) electrons. The number of alkyl halides is 3. The minimum Gasteiger partial charge on any atom is -0.505 e. The monoisotopic (exact) mass is 482 g/mol. The van der Waals surface area contributed by atoms with Crippen molar-refractivity contribution in [2.45, 2.75) is 6.36 Å². The second-order valence-corrected chi connectivity index (χ2v) is 6.84. The number of nitrogens with zero attached hydrogens (tertiary/aromatic N) is 2.